The highest BCUT2D eigenvalue weighted by atomic mass is 32.1. The van der Waals surface area contributed by atoms with Gasteiger partial charge in [0.15, 0.2) is 4.96 Å². The highest BCUT2D eigenvalue weighted by Gasteiger charge is 2.24. The molecule has 0 aromatic carbocycles. The zero-order valence-electron chi connectivity index (χ0n) is 13.6. The van der Waals surface area contributed by atoms with Gasteiger partial charge in [0.25, 0.3) is 0 Å². The molecule has 0 amide bonds. The van der Waals surface area contributed by atoms with Gasteiger partial charge in [-0.25, -0.2) is 4.98 Å². The van der Waals surface area contributed by atoms with Gasteiger partial charge in [0, 0.05) is 43.0 Å². The standard InChI is InChI=1S/C17H21N5S/c1-12-8-18-9-15(19-12)14-4-3-5-21(10-14)11-16-13(2)20-17-22(16)6-7-23-17/h6-9,14H,3-5,10-11H2,1-2H3/t14-/m1/s1. The van der Waals surface area contributed by atoms with Crippen molar-refractivity contribution in [1.29, 1.82) is 0 Å². The highest BCUT2D eigenvalue weighted by Crippen LogP contribution is 2.27. The lowest BCUT2D eigenvalue weighted by Crippen LogP contribution is -2.34. The van der Waals surface area contributed by atoms with Crippen LogP contribution in [0.25, 0.3) is 4.96 Å². The summed E-state index contributed by atoms with van der Waals surface area (Å²) in [5.74, 6) is 0.488. The monoisotopic (exact) mass is 327 g/mol. The number of piperidine rings is 1. The molecule has 3 aromatic rings. The number of aromatic nitrogens is 4. The summed E-state index contributed by atoms with van der Waals surface area (Å²) in [7, 11) is 0. The Bertz CT molecular complexity index is 821. The summed E-state index contributed by atoms with van der Waals surface area (Å²) < 4.78 is 2.23. The Labute approximate surface area is 140 Å². The molecule has 6 heteroatoms. The third-order valence-corrected chi connectivity index (χ3v) is 5.39. The molecular formula is C17H21N5S. The molecule has 1 aliphatic heterocycles. The van der Waals surface area contributed by atoms with Crippen molar-refractivity contribution >= 4 is 16.3 Å². The molecule has 1 fully saturated rings. The Morgan fingerprint density at radius 2 is 2.17 bits per heavy atom. The van der Waals surface area contributed by atoms with Crippen LogP contribution in [-0.2, 0) is 6.54 Å². The van der Waals surface area contributed by atoms with Gasteiger partial charge in [0.05, 0.1) is 22.8 Å². The van der Waals surface area contributed by atoms with Crippen LogP contribution in [0.15, 0.2) is 24.0 Å². The van der Waals surface area contributed by atoms with E-state index >= 15 is 0 Å². The number of hydrogen-bond donors (Lipinski definition) is 0. The molecule has 0 unspecified atom stereocenters. The number of likely N-dealkylation sites (tertiary alicyclic amines) is 1. The van der Waals surface area contributed by atoms with Crippen LogP contribution in [0.2, 0.25) is 0 Å². The van der Waals surface area contributed by atoms with E-state index in [1.165, 1.54) is 18.5 Å². The minimum atomic E-state index is 0.488. The maximum Gasteiger partial charge on any atom is 0.194 e. The molecule has 1 atom stereocenters. The number of rotatable bonds is 3. The summed E-state index contributed by atoms with van der Waals surface area (Å²) >= 11 is 1.70. The van der Waals surface area contributed by atoms with Gasteiger partial charge >= 0.3 is 0 Å². The minimum Gasteiger partial charge on any atom is -0.297 e. The molecule has 0 radical (unpaired) electrons. The van der Waals surface area contributed by atoms with Crippen molar-refractivity contribution < 1.29 is 0 Å². The summed E-state index contributed by atoms with van der Waals surface area (Å²) in [6, 6.07) is 0. The van der Waals surface area contributed by atoms with Crippen LogP contribution >= 0.6 is 11.3 Å². The third-order valence-electron chi connectivity index (χ3n) is 4.63. The van der Waals surface area contributed by atoms with Gasteiger partial charge in [-0.2, -0.15) is 0 Å². The normalized spacial score (nSPS) is 19.5. The van der Waals surface area contributed by atoms with E-state index in [2.05, 4.69) is 42.8 Å². The molecule has 4 rings (SSSR count). The molecule has 1 saturated heterocycles. The fourth-order valence-electron chi connectivity index (χ4n) is 3.46. The van der Waals surface area contributed by atoms with E-state index in [4.69, 9.17) is 0 Å². The maximum atomic E-state index is 4.68. The SMILES string of the molecule is Cc1cncc([C@@H]2CCCN(Cc3c(C)nc4sccn34)C2)n1. The van der Waals surface area contributed by atoms with E-state index in [0.717, 1.165) is 41.7 Å². The Kier molecular flexibility index (Phi) is 3.87. The van der Waals surface area contributed by atoms with Gasteiger partial charge in [-0.05, 0) is 33.2 Å². The number of aryl methyl sites for hydroxylation is 2. The zero-order valence-corrected chi connectivity index (χ0v) is 14.4. The fourth-order valence-corrected chi connectivity index (χ4v) is 4.24. The van der Waals surface area contributed by atoms with E-state index in [9.17, 15) is 0 Å². The Balaban J connectivity index is 1.53. The molecule has 4 heterocycles. The summed E-state index contributed by atoms with van der Waals surface area (Å²) in [5.41, 5.74) is 4.61. The first-order valence-corrected chi connectivity index (χ1v) is 9.00. The molecule has 0 bridgehead atoms. The van der Waals surface area contributed by atoms with Gasteiger partial charge in [-0.1, -0.05) is 0 Å². The maximum absolute atomic E-state index is 4.68. The van der Waals surface area contributed by atoms with Crippen molar-refractivity contribution in [3.63, 3.8) is 0 Å². The minimum absolute atomic E-state index is 0.488. The molecular weight excluding hydrogens is 306 g/mol. The first-order chi connectivity index (χ1) is 11.2. The van der Waals surface area contributed by atoms with Gasteiger partial charge < -0.3 is 0 Å². The second-order valence-electron chi connectivity index (χ2n) is 6.36. The van der Waals surface area contributed by atoms with Crippen molar-refractivity contribution in [3.05, 3.63) is 46.7 Å². The second-order valence-corrected chi connectivity index (χ2v) is 7.23. The molecule has 5 nitrogen and oxygen atoms in total. The molecule has 120 valence electrons. The van der Waals surface area contributed by atoms with Crippen LogP contribution in [-0.4, -0.2) is 37.3 Å². The summed E-state index contributed by atoms with van der Waals surface area (Å²) in [4.78, 5) is 17.3. The Hall–Kier alpha value is -1.79. The van der Waals surface area contributed by atoms with Gasteiger partial charge in [-0.15, -0.1) is 11.3 Å². The van der Waals surface area contributed by atoms with E-state index < -0.39 is 0 Å². The topological polar surface area (TPSA) is 46.3 Å². The summed E-state index contributed by atoms with van der Waals surface area (Å²) in [6.07, 6.45) is 8.30. The van der Waals surface area contributed by atoms with Crippen molar-refractivity contribution in [2.75, 3.05) is 13.1 Å². The predicted octanol–water partition coefficient (Wildman–Crippen LogP) is 3.18. The first kappa shape index (κ1) is 14.8. The molecule has 0 aliphatic carbocycles. The second kappa shape index (κ2) is 6.02. The van der Waals surface area contributed by atoms with Crippen LogP contribution in [0.3, 0.4) is 0 Å². The van der Waals surface area contributed by atoms with Crippen molar-refractivity contribution in [2.24, 2.45) is 0 Å². The van der Waals surface area contributed by atoms with Crippen LogP contribution < -0.4 is 0 Å². The van der Waals surface area contributed by atoms with Gasteiger partial charge in [0.2, 0.25) is 0 Å². The van der Waals surface area contributed by atoms with Gasteiger partial charge in [-0.3, -0.25) is 19.3 Å². The van der Waals surface area contributed by atoms with Crippen LogP contribution in [0.1, 0.15) is 41.5 Å². The molecule has 3 aromatic heterocycles. The lowest BCUT2D eigenvalue weighted by Gasteiger charge is -2.32. The zero-order chi connectivity index (χ0) is 15.8. The average molecular weight is 327 g/mol. The largest absolute Gasteiger partial charge is 0.297 e. The number of fused-ring (bicyclic) bond motifs is 1. The van der Waals surface area contributed by atoms with Crippen molar-refractivity contribution in [1.82, 2.24) is 24.3 Å². The lowest BCUT2D eigenvalue weighted by atomic mass is 9.95. The molecule has 0 saturated carbocycles. The third kappa shape index (κ3) is 2.88. The molecule has 23 heavy (non-hydrogen) atoms. The average Bonchev–Trinajstić information content (AvgIpc) is 3.11. The Morgan fingerprint density at radius 1 is 1.26 bits per heavy atom. The number of nitrogens with zero attached hydrogens (tertiary/aromatic N) is 5. The van der Waals surface area contributed by atoms with E-state index in [1.807, 2.05) is 19.3 Å². The van der Waals surface area contributed by atoms with Crippen LogP contribution in [0.5, 0.6) is 0 Å². The predicted molar refractivity (Wildman–Crippen MR) is 91.8 cm³/mol. The Morgan fingerprint density at radius 3 is 3.04 bits per heavy atom. The number of hydrogen-bond acceptors (Lipinski definition) is 5. The quantitative estimate of drug-likeness (QED) is 0.741. The van der Waals surface area contributed by atoms with E-state index in [-0.39, 0.29) is 0 Å². The van der Waals surface area contributed by atoms with Crippen molar-refractivity contribution in [2.45, 2.75) is 39.2 Å². The van der Waals surface area contributed by atoms with Crippen LogP contribution in [0.4, 0.5) is 0 Å². The lowest BCUT2D eigenvalue weighted by molar-refractivity contribution is 0.195. The molecule has 0 spiro atoms. The smallest absolute Gasteiger partial charge is 0.194 e. The van der Waals surface area contributed by atoms with Gasteiger partial charge in [0.1, 0.15) is 0 Å². The molecule has 1 aliphatic rings. The number of thiazole rings is 1. The van der Waals surface area contributed by atoms with Crippen molar-refractivity contribution in [3.8, 4) is 0 Å². The first-order valence-electron chi connectivity index (χ1n) is 8.12. The highest BCUT2D eigenvalue weighted by molar-refractivity contribution is 7.15. The van der Waals surface area contributed by atoms with E-state index in [0.29, 0.717) is 5.92 Å². The molecule has 0 N–H and O–H groups in total. The summed E-state index contributed by atoms with van der Waals surface area (Å²) in [5, 5.41) is 2.10. The number of imidazole rings is 1. The van der Waals surface area contributed by atoms with E-state index in [1.54, 1.807) is 11.3 Å². The van der Waals surface area contributed by atoms with Crippen LogP contribution in [0, 0.1) is 13.8 Å². The summed E-state index contributed by atoms with van der Waals surface area (Å²) in [6.45, 7) is 7.28. The fraction of sp³-hybridized carbons (Fsp3) is 0.471.